The SMILES string of the molecule is CC(=O)c1ccc(NCC2(N(C)C)CCCCCC2)c([N+](=O)[O-])c1. The summed E-state index contributed by atoms with van der Waals surface area (Å²) in [7, 11) is 4.17. The molecule has 1 fully saturated rings. The Labute approximate surface area is 143 Å². The molecule has 0 atom stereocenters. The number of likely N-dealkylation sites (N-methyl/N-ethyl adjacent to an activating group) is 1. The van der Waals surface area contributed by atoms with E-state index in [4.69, 9.17) is 0 Å². The van der Waals surface area contributed by atoms with Crippen LogP contribution < -0.4 is 5.32 Å². The summed E-state index contributed by atoms with van der Waals surface area (Å²) >= 11 is 0. The summed E-state index contributed by atoms with van der Waals surface area (Å²) in [6.45, 7) is 2.08. The fourth-order valence-electron chi connectivity index (χ4n) is 3.48. The first-order valence-corrected chi connectivity index (χ1v) is 8.56. The van der Waals surface area contributed by atoms with Crippen LogP contribution in [0.4, 0.5) is 11.4 Å². The summed E-state index contributed by atoms with van der Waals surface area (Å²) in [5.74, 6) is -0.168. The number of benzene rings is 1. The van der Waals surface area contributed by atoms with Gasteiger partial charge in [0.1, 0.15) is 5.69 Å². The minimum Gasteiger partial charge on any atom is -0.378 e. The van der Waals surface area contributed by atoms with Gasteiger partial charge in [0, 0.05) is 23.7 Å². The molecule has 6 nitrogen and oxygen atoms in total. The van der Waals surface area contributed by atoms with Gasteiger partial charge >= 0.3 is 0 Å². The smallest absolute Gasteiger partial charge is 0.293 e. The molecule has 1 aliphatic rings. The van der Waals surface area contributed by atoms with Crippen molar-refractivity contribution in [3.05, 3.63) is 33.9 Å². The van der Waals surface area contributed by atoms with Gasteiger partial charge in [-0.1, -0.05) is 25.7 Å². The lowest BCUT2D eigenvalue weighted by atomic mass is 9.88. The Hall–Kier alpha value is -1.95. The fourth-order valence-corrected chi connectivity index (χ4v) is 3.48. The zero-order chi connectivity index (χ0) is 17.7. The number of ketones is 1. The highest BCUT2D eigenvalue weighted by Crippen LogP contribution is 2.33. The van der Waals surface area contributed by atoms with Crippen LogP contribution in [0.25, 0.3) is 0 Å². The third-order valence-electron chi connectivity index (χ3n) is 5.19. The van der Waals surface area contributed by atoms with Gasteiger partial charge in [0.25, 0.3) is 5.69 Å². The number of hydrogen-bond donors (Lipinski definition) is 1. The number of carbonyl (C=O) groups excluding carboxylic acids is 1. The number of anilines is 1. The summed E-state index contributed by atoms with van der Waals surface area (Å²) in [6.07, 6.45) is 7.06. The van der Waals surface area contributed by atoms with Crippen LogP contribution in [-0.4, -0.2) is 41.8 Å². The standard InChI is InChI=1S/C18H27N3O3/c1-14(22)15-8-9-16(17(12-15)21(23)24)19-13-18(20(2)3)10-6-4-5-7-11-18/h8-9,12,19H,4-7,10-11,13H2,1-3H3. The second kappa shape index (κ2) is 7.75. The van der Waals surface area contributed by atoms with Crippen LogP contribution in [0.5, 0.6) is 0 Å². The van der Waals surface area contributed by atoms with Gasteiger partial charge in [-0.25, -0.2) is 0 Å². The van der Waals surface area contributed by atoms with E-state index in [9.17, 15) is 14.9 Å². The Morgan fingerprint density at radius 1 is 1.25 bits per heavy atom. The average molecular weight is 333 g/mol. The molecule has 132 valence electrons. The number of nitro groups is 1. The van der Waals surface area contributed by atoms with Crippen molar-refractivity contribution in [1.82, 2.24) is 4.90 Å². The van der Waals surface area contributed by atoms with E-state index in [1.165, 1.54) is 38.7 Å². The maximum Gasteiger partial charge on any atom is 0.293 e. The van der Waals surface area contributed by atoms with E-state index in [1.54, 1.807) is 12.1 Å². The van der Waals surface area contributed by atoms with Crippen LogP contribution >= 0.6 is 0 Å². The number of rotatable bonds is 6. The van der Waals surface area contributed by atoms with Crippen molar-refractivity contribution in [2.75, 3.05) is 26.0 Å². The molecule has 0 radical (unpaired) electrons. The largest absolute Gasteiger partial charge is 0.378 e. The number of nitro benzene ring substituents is 1. The number of nitrogens with one attached hydrogen (secondary N) is 1. The second-order valence-corrected chi connectivity index (χ2v) is 6.93. The summed E-state index contributed by atoms with van der Waals surface area (Å²) in [4.78, 5) is 24.7. The molecule has 0 unspecified atom stereocenters. The van der Waals surface area contributed by atoms with E-state index >= 15 is 0 Å². The highest BCUT2D eigenvalue weighted by Gasteiger charge is 2.33. The molecule has 0 saturated heterocycles. The zero-order valence-corrected chi connectivity index (χ0v) is 14.8. The zero-order valence-electron chi connectivity index (χ0n) is 14.8. The number of hydrogen-bond acceptors (Lipinski definition) is 5. The maximum absolute atomic E-state index is 11.5. The van der Waals surface area contributed by atoms with E-state index in [0.29, 0.717) is 17.8 Å². The molecule has 1 aromatic rings. The Kier molecular flexibility index (Phi) is 5.94. The molecule has 1 saturated carbocycles. The van der Waals surface area contributed by atoms with Crippen molar-refractivity contribution >= 4 is 17.2 Å². The molecule has 24 heavy (non-hydrogen) atoms. The quantitative estimate of drug-likeness (QED) is 0.370. The number of nitrogens with zero attached hydrogens (tertiary/aromatic N) is 2. The first-order valence-electron chi connectivity index (χ1n) is 8.56. The second-order valence-electron chi connectivity index (χ2n) is 6.93. The van der Waals surface area contributed by atoms with Gasteiger partial charge < -0.3 is 10.2 Å². The van der Waals surface area contributed by atoms with Crippen LogP contribution in [0.1, 0.15) is 55.8 Å². The maximum atomic E-state index is 11.5. The monoisotopic (exact) mass is 333 g/mol. The van der Waals surface area contributed by atoms with Gasteiger partial charge in [0.2, 0.25) is 0 Å². The molecule has 6 heteroatoms. The van der Waals surface area contributed by atoms with Gasteiger partial charge in [-0.15, -0.1) is 0 Å². The lowest BCUT2D eigenvalue weighted by Crippen LogP contribution is -2.49. The molecule has 1 aliphatic carbocycles. The normalized spacial score (nSPS) is 17.3. The van der Waals surface area contributed by atoms with E-state index < -0.39 is 4.92 Å². The van der Waals surface area contributed by atoms with Crippen LogP contribution in [0.15, 0.2) is 18.2 Å². The summed E-state index contributed by atoms with van der Waals surface area (Å²) in [5.41, 5.74) is 0.827. The predicted octanol–water partition coefficient (Wildman–Crippen LogP) is 3.86. The minimum absolute atomic E-state index is 0.0175. The molecule has 0 spiro atoms. The molecule has 1 aromatic carbocycles. The molecule has 0 aromatic heterocycles. The third-order valence-corrected chi connectivity index (χ3v) is 5.19. The topological polar surface area (TPSA) is 75.5 Å². The summed E-state index contributed by atoms with van der Waals surface area (Å²) in [6, 6.07) is 4.65. The van der Waals surface area contributed by atoms with Gasteiger partial charge in [-0.05, 0) is 46.0 Å². The Balaban J connectivity index is 2.23. The minimum atomic E-state index is -0.426. The average Bonchev–Trinajstić information content (AvgIpc) is 2.79. The van der Waals surface area contributed by atoms with E-state index in [2.05, 4.69) is 24.3 Å². The number of carbonyl (C=O) groups is 1. The molecule has 2 rings (SSSR count). The van der Waals surface area contributed by atoms with Crippen LogP contribution in [0.3, 0.4) is 0 Å². The molecule has 1 N–H and O–H groups in total. The van der Waals surface area contributed by atoms with Crippen molar-refractivity contribution < 1.29 is 9.72 Å². The van der Waals surface area contributed by atoms with E-state index in [0.717, 1.165) is 12.8 Å². The van der Waals surface area contributed by atoms with Crippen molar-refractivity contribution in [2.45, 2.75) is 51.0 Å². The first kappa shape index (κ1) is 18.4. The Morgan fingerprint density at radius 3 is 2.38 bits per heavy atom. The van der Waals surface area contributed by atoms with Gasteiger partial charge in [0.15, 0.2) is 5.78 Å². The highest BCUT2D eigenvalue weighted by atomic mass is 16.6. The van der Waals surface area contributed by atoms with Crippen LogP contribution in [0.2, 0.25) is 0 Å². The Morgan fingerprint density at radius 2 is 1.88 bits per heavy atom. The third kappa shape index (κ3) is 4.12. The van der Waals surface area contributed by atoms with E-state index in [1.807, 2.05) is 0 Å². The van der Waals surface area contributed by atoms with Gasteiger partial charge in [-0.2, -0.15) is 0 Å². The summed E-state index contributed by atoms with van der Waals surface area (Å²) < 4.78 is 0. The van der Waals surface area contributed by atoms with Crippen molar-refractivity contribution in [3.8, 4) is 0 Å². The number of Topliss-reactive ketones (excluding diaryl/α,β-unsaturated/α-hetero) is 1. The van der Waals surface area contributed by atoms with E-state index in [-0.39, 0.29) is 17.0 Å². The van der Waals surface area contributed by atoms with Gasteiger partial charge in [-0.3, -0.25) is 14.9 Å². The lowest BCUT2D eigenvalue weighted by Gasteiger charge is -2.40. The first-order chi connectivity index (χ1) is 11.4. The van der Waals surface area contributed by atoms with Crippen LogP contribution in [0, 0.1) is 10.1 Å². The fraction of sp³-hybridized carbons (Fsp3) is 0.611. The molecule has 0 amide bonds. The molecular weight excluding hydrogens is 306 g/mol. The predicted molar refractivity (Wildman–Crippen MR) is 95.7 cm³/mol. The van der Waals surface area contributed by atoms with Gasteiger partial charge in [0.05, 0.1) is 4.92 Å². The lowest BCUT2D eigenvalue weighted by molar-refractivity contribution is -0.384. The molecule has 0 aliphatic heterocycles. The van der Waals surface area contributed by atoms with Crippen LogP contribution in [-0.2, 0) is 0 Å². The molecule has 0 bridgehead atoms. The molecular formula is C18H27N3O3. The highest BCUT2D eigenvalue weighted by molar-refractivity contribution is 5.95. The van der Waals surface area contributed by atoms with Crippen molar-refractivity contribution in [3.63, 3.8) is 0 Å². The molecule has 0 heterocycles. The van der Waals surface area contributed by atoms with Crippen molar-refractivity contribution in [1.29, 1.82) is 0 Å². The van der Waals surface area contributed by atoms with Crippen molar-refractivity contribution in [2.24, 2.45) is 0 Å². The summed E-state index contributed by atoms with van der Waals surface area (Å²) in [5, 5.41) is 14.6. The Bertz CT molecular complexity index is 606.